The van der Waals surface area contributed by atoms with Gasteiger partial charge in [0, 0.05) is 19.3 Å². The van der Waals surface area contributed by atoms with Crippen LogP contribution in [0.3, 0.4) is 0 Å². The molecule has 0 atom stereocenters. The first-order valence-electron chi connectivity index (χ1n) is 5.39. The number of nitrogens with zero attached hydrogens (tertiary/aromatic N) is 4. The van der Waals surface area contributed by atoms with E-state index >= 15 is 0 Å². The second-order valence-electron chi connectivity index (χ2n) is 3.92. The summed E-state index contributed by atoms with van der Waals surface area (Å²) in [5, 5.41) is 17.8. The molecular formula is C11H13N5O2. The maximum absolute atomic E-state index is 10.6. The fraction of sp³-hybridized carbons (Fsp3) is 0.273. The van der Waals surface area contributed by atoms with E-state index in [0.29, 0.717) is 12.4 Å². The second kappa shape index (κ2) is 4.82. The zero-order chi connectivity index (χ0) is 13.1. The highest BCUT2D eigenvalue weighted by Gasteiger charge is 2.09. The number of nitro groups is 1. The van der Waals surface area contributed by atoms with E-state index in [0.717, 1.165) is 11.3 Å². The van der Waals surface area contributed by atoms with Crippen LogP contribution in [0.4, 0.5) is 11.5 Å². The average molecular weight is 247 g/mol. The lowest BCUT2D eigenvalue weighted by Gasteiger charge is -2.08. The fourth-order valence-corrected chi connectivity index (χ4v) is 1.59. The van der Waals surface area contributed by atoms with Gasteiger partial charge in [0.05, 0.1) is 17.2 Å². The molecule has 0 amide bonds. The first-order chi connectivity index (χ1) is 8.58. The Kier molecular flexibility index (Phi) is 3.22. The van der Waals surface area contributed by atoms with E-state index in [1.807, 2.05) is 13.1 Å². The third-order valence-corrected chi connectivity index (χ3v) is 2.63. The van der Waals surface area contributed by atoms with Crippen LogP contribution in [0.5, 0.6) is 0 Å². The molecule has 0 aliphatic rings. The number of nitrogens with one attached hydrogen (secondary N) is 1. The van der Waals surface area contributed by atoms with Gasteiger partial charge in [0.1, 0.15) is 12.0 Å². The Labute approximate surface area is 104 Å². The van der Waals surface area contributed by atoms with Crippen LogP contribution in [0.15, 0.2) is 24.5 Å². The molecule has 0 radical (unpaired) electrons. The highest BCUT2D eigenvalue weighted by atomic mass is 16.6. The van der Waals surface area contributed by atoms with Crippen LogP contribution < -0.4 is 5.32 Å². The molecule has 0 saturated heterocycles. The zero-order valence-electron chi connectivity index (χ0n) is 10.1. The smallest absolute Gasteiger partial charge is 0.287 e. The van der Waals surface area contributed by atoms with Gasteiger partial charge in [-0.1, -0.05) is 0 Å². The predicted octanol–water partition coefficient (Wildman–Crippen LogP) is 1.64. The summed E-state index contributed by atoms with van der Waals surface area (Å²) in [4.78, 5) is 14.2. The van der Waals surface area contributed by atoms with Crippen molar-refractivity contribution in [2.24, 2.45) is 7.05 Å². The Morgan fingerprint density at radius 2 is 2.33 bits per heavy atom. The second-order valence-corrected chi connectivity index (χ2v) is 3.92. The van der Waals surface area contributed by atoms with Gasteiger partial charge in [-0.3, -0.25) is 14.8 Å². The molecule has 0 saturated carbocycles. The summed E-state index contributed by atoms with van der Waals surface area (Å²) >= 11 is 0. The molecular weight excluding hydrogens is 234 g/mol. The van der Waals surface area contributed by atoms with Crippen molar-refractivity contribution in [1.82, 2.24) is 14.8 Å². The standard InChI is InChI=1S/C11H13N5O2/c1-8-5-10(16(17)18)7-13-11(8)12-6-9-3-4-14-15(9)2/h3-5,7H,6H2,1-2H3,(H,12,13). The van der Waals surface area contributed by atoms with Crippen molar-refractivity contribution >= 4 is 11.5 Å². The predicted molar refractivity (Wildman–Crippen MR) is 66.2 cm³/mol. The first kappa shape index (κ1) is 12.0. The van der Waals surface area contributed by atoms with Crippen molar-refractivity contribution in [3.63, 3.8) is 0 Å². The molecule has 94 valence electrons. The van der Waals surface area contributed by atoms with Gasteiger partial charge in [0.25, 0.3) is 5.69 Å². The van der Waals surface area contributed by atoms with Gasteiger partial charge in [-0.2, -0.15) is 5.10 Å². The molecule has 2 aromatic rings. The Bertz CT molecular complexity index is 579. The van der Waals surface area contributed by atoms with Crippen LogP contribution in [-0.4, -0.2) is 19.7 Å². The summed E-state index contributed by atoms with van der Waals surface area (Å²) in [6.45, 7) is 2.35. The summed E-state index contributed by atoms with van der Waals surface area (Å²) in [6, 6.07) is 3.40. The Morgan fingerprint density at radius 1 is 1.56 bits per heavy atom. The summed E-state index contributed by atoms with van der Waals surface area (Å²) in [5.41, 5.74) is 1.75. The van der Waals surface area contributed by atoms with Gasteiger partial charge in [0.15, 0.2) is 0 Å². The number of anilines is 1. The van der Waals surface area contributed by atoms with E-state index < -0.39 is 4.92 Å². The van der Waals surface area contributed by atoms with Crippen molar-refractivity contribution in [2.45, 2.75) is 13.5 Å². The van der Waals surface area contributed by atoms with E-state index in [1.165, 1.54) is 12.3 Å². The van der Waals surface area contributed by atoms with E-state index in [-0.39, 0.29) is 5.69 Å². The van der Waals surface area contributed by atoms with Gasteiger partial charge in [0.2, 0.25) is 0 Å². The lowest BCUT2D eigenvalue weighted by atomic mass is 10.2. The van der Waals surface area contributed by atoms with Crippen LogP contribution in [0, 0.1) is 17.0 Å². The molecule has 0 aliphatic carbocycles. The van der Waals surface area contributed by atoms with Crippen LogP contribution in [-0.2, 0) is 13.6 Å². The number of aromatic nitrogens is 3. The van der Waals surface area contributed by atoms with E-state index in [9.17, 15) is 10.1 Å². The van der Waals surface area contributed by atoms with Gasteiger partial charge in [-0.25, -0.2) is 4.98 Å². The van der Waals surface area contributed by atoms with Gasteiger partial charge in [-0.15, -0.1) is 0 Å². The monoisotopic (exact) mass is 247 g/mol. The normalized spacial score (nSPS) is 10.3. The van der Waals surface area contributed by atoms with Crippen molar-refractivity contribution in [1.29, 1.82) is 0 Å². The first-order valence-corrected chi connectivity index (χ1v) is 5.39. The molecule has 1 N–H and O–H groups in total. The largest absolute Gasteiger partial charge is 0.364 e. The quantitative estimate of drug-likeness (QED) is 0.655. The lowest BCUT2D eigenvalue weighted by molar-refractivity contribution is -0.385. The van der Waals surface area contributed by atoms with Gasteiger partial charge >= 0.3 is 0 Å². The molecule has 7 heteroatoms. The minimum atomic E-state index is -0.453. The third kappa shape index (κ3) is 2.45. The Balaban J connectivity index is 2.11. The topological polar surface area (TPSA) is 85.9 Å². The molecule has 0 fully saturated rings. The number of aryl methyl sites for hydroxylation is 2. The minimum absolute atomic E-state index is 0.00131. The third-order valence-electron chi connectivity index (χ3n) is 2.63. The summed E-state index contributed by atoms with van der Waals surface area (Å²) < 4.78 is 1.76. The van der Waals surface area contributed by atoms with Crippen molar-refractivity contribution in [3.05, 3.63) is 45.9 Å². The SMILES string of the molecule is Cc1cc([N+](=O)[O-])cnc1NCc1ccnn1C. The molecule has 0 spiro atoms. The van der Waals surface area contributed by atoms with Crippen LogP contribution in [0.2, 0.25) is 0 Å². The van der Waals surface area contributed by atoms with Crippen molar-refractivity contribution in [3.8, 4) is 0 Å². The molecule has 2 rings (SSSR count). The maximum atomic E-state index is 10.6. The number of hydrogen-bond donors (Lipinski definition) is 1. The van der Waals surface area contributed by atoms with E-state index in [2.05, 4.69) is 15.4 Å². The Morgan fingerprint density at radius 3 is 2.89 bits per heavy atom. The van der Waals surface area contributed by atoms with Crippen molar-refractivity contribution < 1.29 is 4.92 Å². The summed E-state index contributed by atoms with van der Waals surface area (Å²) in [6.07, 6.45) is 2.96. The molecule has 0 aromatic carbocycles. The van der Waals surface area contributed by atoms with Gasteiger partial charge in [-0.05, 0) is 18.6 Å². The van der Waals surface area contributed by atoms with Crippen LogP contribution >= 0.6 is 0 Å². The Hall–Kier alpha value is -2.44. The molecule has 7 nitrogen and oxygen atoms in total. The highest BCUT2D eigenvalue weighted by Crippen LogP contribution is 2.18. The van der Waals surface area contributed by atoms with E-state index in [4.69, 9.17) is 0 Å². The van der Waals surface area contributed by atoms with Crippen LogP contribution in [0.25, 0.3) is 0 Å². The average Bonchev–Trinajstić information content (AvgIpc) is 2.73. The lowest BCUT2D eigenvalue weighted by Crippen LogP contribution is -2.07. The highest BCUT2D eigenvalue weighted by molar-refractivity contribution is 5.48. The number of pyridine rings is 1. The molecule has 0 aliphatic heterocycles. The molecule has 2 heterocycles. The number of rotatable bonds is 4. The fourth-order valence-electron chi connectivity index (χ4n) is 1.59. The maximum Gasteiger partial charge on any atom is 0.287 e. The molecule has 2 aromatic heterocycles. The van der Waals surface area contributed by atoms with Crippen LogP contribution in [0.1, 0.15) is 11.3 Å². The molecule has 0 unspecified atom stereocenters. The summed E-state index contributed by atoms with van der Waals surface area (Å²) in [5.74, 6) is 0.641. The molecule has 18 heavy (non-hydrogen) atoms. The molecule has 0 bridgehead atoms. The number of hydrogen-bond acceptors (Lipinski definition) is 5. The summed E-state index contributed by atoms with van der Waals surface area (Å²) in [7, 11) is 1.85. The minimum Gasteiger partial charge on any atom is -0.364 e. The zero-order valence-corrected chi connectivity index (χ0v) is 10.1. The van der Waals surface area contributed by atoms with E-state index in [1.54, 1.807) is 17.8 Å². The van der Waals surface area contributed by atoms with Gasteiger partial charge < -0.3 is 5.32 Å². The van der Waals surface area contributed by atoms with Crippen molar-refractivity contribution in [2.75, 3.05) is 5.32 Å².